The number of rotatable bonds is 2. The van der Waals surface area contributed by atoms with E-state index in [2.05, 4.69) is 21.2 Å². The zero-order chi connectivity index (χ0) is 9.26. The maximum Gasteiger partial charge on any atom is 0.125 e. The van der Waals surface area contributed by atoms with Crippen molar-refractivity contribution < 1.29 is 4.39 Å². The summed E-state index contributed by atoms with van der Waals surface area (Å²) in [5, 5.41) is 3.30. The summed E-state index contributed by atoms with van der Waals surface area (Å²) >= 11 is 3.38. The van der Waals surface area contributed by atoms with Crippen molar-refractivity contribution in [2.24, 2.45) is 0 Å². The number of hydrogen-bond acceptors (Lipinski definition) is 1. The minimum Gasteiger partial charge on any atom is -0.381 e. The van der Waals surface area contributed by atoms with Crippen LogP contribution < -0.4 is 5.32 Å². The third-order valence-electron chi connectivity index (χ3n) is 2.39. The van der Waals surface area contributed by atoms with Gasteiger partial charge in [0.25, 0.3) is 0 Å². The lowest BCUT2D eigenvalue weighted by Gasteiger charge is -2.27. The van der Waals surface area contributed by atoms with Crippen LogP contribution in [0.2, 0.25) is 0 Å². The highest BCUT2D eigenvalue weighted by atomic mass is 79.9. The van der Waals surface area contributed by atoms with Gasteiger partial charge in [0.1, 0.15) is 5.82 Å². The summed E-state index contributed by atoms with van der Waals surface area (Å²) in [5.41, 5.74) is 0.865. The van der Waals surface area contributed by atoms with E-state index in [9.17, 15) is 4.39 Å². The molecule has 0 bridgehead atoms. The number of hydrogen-bond donors (Lipinski definition) is 1. The van der Waals surface area contributed by atoms with E-state index in [0.29, 0.717) is 6.04 Å². The van der Waals surface area contributed by atoms with E-state index >= 15 is 0 Å². The second-order valence-corrected chi connectivity index (χ2v) is 4.25. The van der Waals surface area contributed by atoms with Crippen LogP contribution in [-0.2, 0) is 0 Å². The van der Waals surface area contributed by atoms with Gasteiger partial charge >= 0.3 is 0 Å². The molecule has 0 aromatic heterocycles. The van der Waals surface area contributed by atoms with Crippen LogP contribution in [0.25, 0.3) is 0 Å². The Bertz CT molecular complexity index is 310. The third kappa shape index (κ3) is 2.02. The monoisotopic (exact) mass is 243 g/mol. The van der Waals surface area contributed by atoms with Gasteiger partial charge in [-0.05, 0) is 53.4 Å². The molecule has 13 heavy (non-hydrogen) atoms. The highest BCUT2D eigenvalue weighted by molar-refractivity contribution is 9.10. The molecule has 3 heteroatoms. The molecule has 0 spiro atoms. The molecule has 0 unspecified atom stereocenters. The number of halogens is 2. The Hall–Kier alpha value is -0.570. The first kappa shape index (κ1) is 9.00. The van der Waals surface area contributed by atoms with Gasteiger partial charge in [0.15, 0.2) is 0 Å². The van der Waals surface area contributed by atoms with Crippen LogP contribution in [0.5, 0.6) is 0 Å². The lowest BCUT2D eigenvalue weighted by molar-refractivity contribution is 0.445. The van der Waals surface area contributed by atoms with Crippen molar-refractivity contribution in [2.75, 3.05) is 5.32 Å². The van der Waals surface area contributed by atoms with Gasteiger partial charge in [0, 0.05) is 10.5 Å². The van der Waals surface area contributed by atoms with Crippen molar-refractivity contribution >= 4 is 21.6 Å². The van der Waals surface area contributed by atoms with E-state index in [-0.39, 0.29) is 5.82 Å². The fourth-order valence-electron chi connectivity index (χ4n) is 1.38. The van der Waals surface area contributed by atoms with Crippen LogP contribution in [0.15, 0.2) is 22.7 Å². The van der Waals surface area contributed by atoms with E-state index in [1.54, 1.807) is 6.07 Å². The smallest absolute Gasteiger partial charge is 0.125 e. The molecule has 0 atom stereocenters. The zero-order valence-corrected chi connectivity index (χ0v) is 8.77. The molecule has 1 N–H and O–H groups in total. The summed E-state index contributed by atoms with van der Waals surface area (Å²) in [6.07, 6.45) is 3.68. The Morgan fingerprint density at radius 3 is 2.77 bits per heavy atom. The lowest BCUT2D eigenvalue weighted by atomic mass is 9.93. The van der Waals surface area contributed by atoms with Crippen LogP contribution in [0, 0.1) is 5.82 Å². The fraction of sp³-hybridized carbons (Fsp3) is 0.400. The molecular formula is C10H11BrFN. The molecule has 1 aliphatic rings. The molecule has 1 nitrogen and oxygen atoms in total. The van der Waals surface area contributed by atoms with Gasteiger partial charge in [0.05, 0.1) is 5.69 Å². The number of anilines is 1. The zero-order valence-electron chi connectivity index (χ0n) is 7.19. The quantitative estimate of drug-likeness (QED) is 0.838. The molecule has 0 aliphatic heterocycles. The standard InChI is InChI=1S/C10H11BrFN/c11-9-5-4-7(12)6-10(9)13-8-2-1-3-8/h4-6,8,13H,1-3H2. The first-order chi connectivity index (χ1) is 6.25. The van der Waals surface area contributed by atoms with E-state index in [4.69, 9.17) is 0 Å². The summed E-state index contributed by atoms with van der Waals surface area (Å²) in [5.74, 6) is -0.190. The topological polar surface area (TPSA) is 12.0 Å². The van der Waals surface area contributed by atoms with Gasteiger partial charge in [0.2, 0.25) is 0 Å². The van der Waals surface area contributed by atoms with E-state index < -0.39 is 0 Å². The fourth-order valence-corrected chi connectivity index (χ4v) is 1.74. The maximum atomic E-state index is 12.9. The molecule has 2 rings (SSSR count). The average Bonchev–Trinajstić information content (AvgIpc) is 2.03. The Labute approximate surface area is 85.5 Å². The molecule has 0 saturated heterocycles. The molecular weight excluding hydrogens is 233 g/mol. The van der Waals surface area contributed by atoms with Crippen LogP contribution in [0.1, 0.15) is 19.3 Å². The number of benzene rings is 1. The van der Waals surface area contributed by atoms with Crippen molar-refractivity contribution in [2.45, 2.75) is 25.3 Å². The summed E-state index contributed by atoms with van der Waals surface area (Å²) < 4.78 is 13.8. The van der Waals surface area contributed by atoms with Crippen LogP contribution >= 0.6 is 15.9 Å². The first-order valence-corrected chi connectivity index (χ1v) is 5.26. The molecule has 1 saturated carbocycles. The van der Waals surface area contributed by atoms with Crippen LogP contribution in [0.3, 0.4) is 0 Å². The Kier molecular flexibility index (Phi) is 2.54. The van der Waals surface area contributed by atoms with E-state index in [0.717, 1.165) is 10.2 Å². The molecule has 0 amide bonds. The second-order valence-electron chi connectivity index (χ2n) is 3.40. The highest BCUT2D eigenvalue weighted by Crippen LogP contribution is 2.28. The average molecular weight is 244 g/mol. The third-order valence-corrected chi connectivity index (χ3v) is 3.08. The second kappa shape index (κ2) is 3.66. The predicted octanol–water partition coefficient (Wildman–Crippen LogP) is 3.55. The number of nitrogens with one attached hydrogen (secondary N) is 1. The molecule has 0 heterocycles. The highest BCUT2D eigenvalue weighted by Gasteiger charge is 2.17. The molecule has 0 radical (unpaired) electrons. The summed E-state index contributed by atoms with van der Waals surface area (Å²) in [4.78, 5) is 0. The molecule has 70 valence electrons. The molecule has 1 aromatic rings. The largest absolute Gasteiger partial charge is 0.381 e. The summed E-state index contributed by atoms with van der Waals surface area (Å²) in [6.45, 7) is 0. The van der Waals surface area contributed by atoms with Crippen molar-refractivity contribution in [1.82, 2.24) is 0 Å². The van der Waals surface area contributed by atoms with Crippen molar-refractivity contribution in [3.8, 4) is 0 Å². The van der Waals surface area contributed by atoms with Gasteiger partial charge in [-0.3, -0.25) is 0 Å². The first-order valence-electron chi connectivity index (χ1n) is 4.47. The Morgan fingerprint density at radius 1 is 1.38 bits per heavy atom. The Morgan fingerprint density at radius 2 is 2.15 bits per heavy atom. The minimum atomic E-state index is -0.190. The molecule has 1 fully saturated rings. The minimum absolute atomic E-state index is 0.190. The van der Waals surface area contributed by atoms with Crippen molar-refractivity contribution in [1.29, 1.82) is 0 Å². The van der Waals surface area contributed by atoms with Crippen LogP contribution in [0.4, 0.5) is 10.1 Å². The van der Waals surface area contributed by atoms with E-state index in [1.165, 1.54) is 31.4 Å². The normalized spacial score (nSPS) is 16.8. The maximum absolute atomic E-state index is 12.9. The molecule has 1 aromatic carbocycles. The van der Waals surface area contributed by atoms with Gasteiger partial charge in [-0.2, -0.15) is 0 Å². The Balaban J connectivity index is 2.13. The van der Waals surface area contributed by atoms with Crippen molar-refractivity contribution in [3.63, 3.8) is 0 Å². The summed E-state index contributed by atoms with van der Waals surface area (Å²) in [7, 11) is 0. The van der Waals surface area contributed by atoms with Crippen LogP contribution in [-0.4, -0.2) is 6.04 Å². The van der Waals surface area contributed by atoms with Gasteiger partial charge in [-0.25, -0.2) is 4.39 Å². The van der Waals surface area contributed by atoms with Crippen molar-refractivity contribution in [3.05, 3.63) is 28.5 Å². The van der Waals surface area contributed by atoms with Gasteiger partial charge in [-0.15, -0.1) is 0 Å². The molecule has 1 aliphatic carbocycles. The predicted molar refractivity (Wildman–Crippen MR) is 55.4 cm³/mol. The van der Waals surface area contributed by atoms with E-state index in [1.807, 2.05) is 0 Å². The SMILES string of the molecule is Fc1ccc(Br)c(NC2CCC2)c1. The van der Waals surface area contributed by atoms with Gasteiger partial charge in [-0.1, -0.05) is 0 Å². The van der Waals surface area contributed by atoms with Gasteiger partial charge < -0.3 is 5.32 Å². The lowest BCUT2D eigenvalue weighted by Crippen LogP contribution is -2.27. The summed E-state index contributed by atoms with van der Waals surface area (Å²) in [6, 6.07) is 5.26.